The van der Waals surface area contributed by atoms with Crippen LogP contribution in [0.1, 0.15) is 24.8 Å². The highest BCUT2D eigenvalue weighted by atomic mass is 79.9. The first kappa shape index (κ1) is 14.2. The van der Waals surface area contributed by atoms with Gasteiger partial charge in [0.15, 0.2) is 0 Å². The molecule has 0 N–H and O–H groups in total. The van der Waals surface area contributed by atoms with Gasteiger partial charge in [0, 0.05) is 15.2 Å². The van der Waals surface area contributed by atoms with E-state index in [9.17, 15) is 8.42 Å². The van der Waals surface area contributed by atoms with Gasteiger partial charge in [-0.1, -0.05) is 22.4 Å². The minimum Gasteiger partial charge on any atom is -0.493 e. The van der Waals surface area contributed by atoms with Crippen molar-refractivity contribution in [3.05, 3.63) is 28.2 Å². The normalized spacial score (nSPS) is 16.3. The highest BCUT2D eigenvalue weighted by molar-refractivity contribution is 9.10. The number of benzene rings is 1. The summed E-state index contributed by atoms with van der Waals surface area (Å²) in [6.07, 6.45) is 3.72. The van der Waals surface area contributed by atoms with Gasteiger partial charge in [-0.2, -0.15) is 0 Å². The van der Waals surface area contributed by atoms with Crippen molar-refractivity contribution in [2.24, 2.45) is 5.92 Å². The first-order chi connectivity index (χ1) is 8.42. The lowest BCUT2D eigenvalue weighted by Gasteiger charge is -2.25. The molecule has 0 saturated heterocycles. The molecular weight excluding hydrogens is 340 g/mol. The molecule has 1 aliphatic carbocycles. The lowest BCUT2D eigenvalue weighted by Crippen LogP contribution is -2.19. The number of rotatable bonds is 5. The molecule has 18 heavy (non-hydrogen) atoms. The second-order valence-corrected chi connectivity index (χ2v) is 8.28. The Labute approximate surface area is 120 Å². The molecule has 100 valence electrons. The molecule has 1 saturated carbocycles. The van der Waals surface area contributed by atoms with Gasteiger partial charge in [-0.25, -0.2) is 8.42 Å². The largest absolute Gasteiger partial charge is 0.493 e. The van der Waals surface area contributed by atoms with E-state index >= 15 is 0 Å². The standard InChI is InChI=1S/C12H14BrClO3S/c13-11-4-10(8-18(14,15)16)5-12(6-11)17-7-9-2-1-3-9/h4-6,9H,1-3,7-8H2. The van der Waals surface area contributed by atoms with Gasteiger partial charge in [0.05, 0.1) is 12.4 Å². The maximum absolute atomic E-state index is 11.1. The molecule has 0 bridgehead atoms. The summed E-state index contributed by atoms with van der Waals surface area (Å²) < 4.78 is 28.6. The van der Waals surface area contributed by atoms with Crippen LogP contribution in [0.15, 0.2) is 22.7 Å². The Hall–Kier alpha value is -0.260. The van der Waals surface area contributed by atoms with Crippen molar-refractivity contribution in [2.45, 2.75) is 25.0 Å². The van der Waals surface area contributed by atoms with E-state index in [4.69, 9.17) is 15.4 Å². The van der Waals surface area contributed by atoms with Gasteiger partial charge >= 0.3 is 0 Å². The average molecular weight is 354 g/mol. The molecule has 0 heterocycles. The van der Waals surface area contributed by atoms with Crippen LogP contribution in [0.2, 0.25) is 0 Å². The first-order valence-electron chi connectivity index (χ1n) is 5.77. The van der Waals surface area contributed by atoms with Crippen LogP contribution in [0, 0.1) is 5.92 Å². The molecular formula is C12H14BrClO3S. The monoisotopic (exact) mass is 352 g/mol. The van der Waals surface area contributed by atoms with E-state index in [0.29, 0.717) is 23.8 Å². The van der Waals surface area contributed by atoms with E-state index in [2.05, 4.69) is 15.9 Å². The topological polar surface area (TPSA) is 43.4 Å². The molecule has 0 amide bonds. The third-order valence-electron chi connectivity index (χ3n) is 2.98. The van der Waals surface area contributed by atoms with Crippen LogP contribution in [-0.4, -0.2) is 15.0 Å². The first-order valence-corrected chi connectivity index (χ1v) is 9.04. The molecule has 0 atom stereocenters. The molecule has 1 aromatic carbocycles. The molecule has 0 unspecified atom stereocenters. The van der Waals surface area contributed by atoms with Crippen LogP contribution in [0.3, 0.4) is 0 Å². The summed E-state index contributed by atoms with van der Waals surface area (Å²) in [5.41, 5.74) is 0.628. The van der Waals surface area contributed by atoms with Crippen molar-refractivity contribution < 1.29 is 13.2 Å². The van der Waals surface area contributed by atoms with Crippen LogP contribution < -0.4 is 4.74 Å². The van der Waals surface area contributed by atoms with Crippen LogP contribution in [0.5, 0.6) is 5.75 Å². The highest BCUT2D eigenvalue weighted by Crippen LogP contribution is 2.29. The molecule has 2 rings (SSSR count). The zero-order valence-electron chi connectivity index (χ0n) is 9.73. The Bertz CT molecular complexity index is 526. The van der Waals surface area contributed by atoms with E-state index in [0.717, 1.165) is 4.47 Å². The predicted molar refractivity (Wildman–Crippen MR) is 75.5 cm³/mol. The number of hydrogen-bond donors (Lipinski definition) is 0. The maximum atomic E-state index is 11.1. The number of halogens is 2. The average Bonchev–Trinajstić information content (AvgIpc) is 2.10. The van der Waals surface area contributed by atoms with E-state index in [-0.39, 0.29) is 5.75 Å². The van der Waals surface area contributed by atoms with Crippen molar-refractivity contribution in [1.82, 2.24) is 0 Å². The summed E-state index contributed by atoms with van der Waals surface area (Å²) in [6, 6.07) is 5.29. The van der Waals surface area contributed by atoms with Gasteiger partial charge in [0.1, 0.15) is 5.75 Å². The molecule has 0 aromatic heterocycles. The smallest absolute Gasteiger partial charge is 0.236 e. The Morgan fingerprint density at radius 2 is 2.06 bits per heavy atom. The molecule has 0 aliphatic heterocycles. The molecule has 1 aliphatic rings. The van der Waals surface area contributed by atoms with E-state index in [1.807, 2.05) is 6.07 Å². The summed E-state index contributed by atoms with van der Waals surface area (Å²) >= 11 is 3.34. The van der Waals surface area contributed by atoms with Crippen LogP contribution in [0.25, 0.3) is 0 Å². The fourth-order valence-corrected chi connectivity index (χ4v) is 3.32. The third-order valence-corrected chi connectivity index (χ3v) is 4.44. The number of ether oxygens (including phenoxy) is 1. The molecule has 0 spiro atoms. The summed E-state index contributed by atoms with van der Waals surface area (Å²) in [7, 11) is 1.71. The second kappa shape index (κ2) is 5.80. The SMILES string of the molecule is O=S(=O)(Cl)Cc1cc(Br)cc(OCC2CCC2)c1. The predicted octanol–water partition coefficient (Wildman–Crippen LogP) is 3.70. The Kier molecular flexibility index (Phi) is 4.56. The zero-order valence-corrected chi connectivity index (χ0v) is 12.9. The van der Waals surface area contributed by atoms with E-state index in [1.165, 1.54) is 19.3 Å². The fourth-order valence-electron chi connectivity index (χ4n) is 1.86. The van der Waals surface area contributed by atoms with Gasteiger partial charge < -0.3 is 4.74 Å². The van der Waals surface area contributed by atoms with Gasteiger partial charge in [-0.3, -0.25) is 0 Å². The summed E-state index contributed by atoms with van der Waals surface area (Å²) in [5, 5.41) is 0. The summed E-state index contributed by atoms with van der Waals surface area (Å²) in [6.45, 7) is 0.698. The summed E-state index contributed by atoms with van der Waals surface area (Å²) in [4.78, 5) is 0. The Morgan fingerprint density at radius 3 is 2.61 bits per heavy atom. The van der Waals surface area contributed by atoms with E-state index in [1.54, 1.807) is 12.1 Å². The maximum Gasteiger partial charge on any atom is 0.236 e. The molecule has 3 nitrogen and oxygen atoms in total. The minimum absolute atomic E-state index is 0.187. The quantitative estimate of drug-likeness (QED) is 0.758. The van der Waals surface area contributed by atoms with Crippen LogP contribution in [0.4, 0.5) is 0 Å². The molecule has 1 aromatic rings. The molecule has 6 heteroatoms. The second-order valence-electron chi connectivity index (χ2n) is 4.59. The summed E-state index contributed by atoms with van der Waals surface area (Å²) in [5.74, 6) is 1.14. The zero-order chi connectivity index (χ0) is 13.2. The molecule has 0 radical (unpaired) electrons. The number of hydrogen-bond acceptors (Lipinski definition) is 3. The van der Waals surface area contributed by atoms with Crippen LogP contribution >= 0.6 is 26.6 Å². The molecule has 1 fully saturated rings. The Balaban J connectivity index is 2.05. The van der Waals surface area contributed by atoms with Gasteiger partial charge in [-0.05, 0) is 42.5 Å². The van der Waals surface area contributed by atoms with Crippen molar-refractivity contribution in [2.75, 3.05) is 6.61 Å². The highest BCUT2D eigenvalue weighted by Gasteiger charge is 2.18. The lowest BCUT2D eigenvalue weighted by atomic mass is 9.86. The minimum atomic E-state index is -3.54. The van der Waals surface area contributed by atoms with Crippen molar-refractivity contribution in [3.8, 4) is 5.75 Å². The fraction of sp³-hybridized carbons (Fsp3) is 0.500. The van der Waals surface area contributed by atoms with Crippen LogP contribution in [-0.2, 0) is 14.8 Å². The van der Waals surface area contributed by atoms with Gasteiger partial charge in [0.2, 0.25) is 9.05 Å². The van der Waals surface area contributed by atoms with Gasteiger partial charge in [0.25, 0.3) is 0 Å². The Morgan fingerprint density at radius 1 is 1.33 bits per heavy atom. The van der Waals surface area contributed by atoms with Crippen molar-refractivity contribution in [1.29, 1.82) is 0 Å². The van der Waals surface area contributed by atoms with Gasteiger partial charge in [-0.15, -0.1) is 0 Å². The van der Waals surface area contributed by atoms with E-state index < -0.39 is 9.05 Å². The third kappa shape index (κ3) is 4.44. The lowest BCUT2D eigenvalue weighted by molar-refractivity contribution is 0.180. The van der Waals surface area contributed by atoms with Crippen molar-refractivity contribution >= 4 is 35.7 Å². The van der Waals surface area contributed by atoms with Crippen molar-refractivity contribution in [3.63, 3.8) is 0 Å².